The number of halogens is 3. The summed E-state index contributed by atoms with van der Waals surface area (Å²) in [5, 5.41) is 9.01. The summed E-state index contributed by atoms with van der Waals surface area (Å²) in [6.45, 7) is 0.0987. The summed E-state index contributed by atoms with van der Waals surface area (Å²) in [5.41, 5.74) is -0.356. The number of anilines is 1. The summed E-state index contributed by atoms with van der Waals surface area (Å²) in [6.07, 6.45) is 0.650. The van der Waals surface area contributed by atoms with Crippen LogP contribution in [-0.2, 0) is 14.4 Å². The molecule has 1 fully saturated rings. The zero-order chi connectivity index (χ0) is 17.3. The first-order chi connectivity index (χ1) is 10.7. The van der Waals surface area contributed by atoms with E-state index in [0.29, 0.717) is 23.5 Å². The van der Waals surface area contributed by atoms with E-state index in [1.165, 1.54) is 0 Å². The van der Waals surface area contributed by atoms with Gasteiger partial charge < -0.3 is 14.9 Å². The lowest BCUT2D eigenvalue weighted by Crippen LogP contribution is -2.48. The van der Waals surface area contributed by atoms with Gasteiger partial charge in [0.2, 0.25) is 0 Å². The fraction of sp³-hybridized carbons (Fsp3) is 0.357. The first-order valence-electron chi connectivity index (χ1n) is 6.70. The molecule has 1 saturated heterocycles. The van der Waals surface area contributed by atoms with Crippen LogP contribution in [0.3, 0.4) is 0 Å². The average Bonchev–Trinajstić information content (AvgIpc) is 2.99. The highest BCUT2D eigenvalue weighted by molar-refractivity contribution is 6.40. The molecule has 2 rings (SSSR count). The van der Waals surface area contributed by atoms with Gasteiger partial charge in [-0.3, -0.25) is 9.59 Å². The number of hydrogen-bond acceptors (Lipinski definition) is 3. The van der Waals surface area contributed by atoms with E-state index in [1.54, 1.807) is 0 Å². The molecule has 0 aromatic heterocycles. The molecule has 0 radical (unpaired) electrons. The molecule has 124 valence electrons. The quantitative estimate of drug-likeness (QED) is 0.652. The number of benzene rings is 1. The van der Waals surface area contributed by atoms with E-state index in [-0.39, 0.29) is 18.7 Å². The van der Waals surface area contributed by atoms with E-state index in [1.807, 2.05) is 0 Å². The Balaban J connectivity index is 2.22. The fourth-order valence-electron chi connectivity index (χ4n) is 2.39. The van der Waals surface area contributed by atoms with E-state index >= 15 is 0 Å². The van der Waals surface area contributed by atoms with Crippen LogP contribution in [0.5, 0.6) is 0 Å². The summed E-state index contributed by atoms with van der Waals surface area (Å²) in [4.78, 5) is 36.8. The Morgan fingerprint density at radius 2 is 1.78 bits per heavy atom. The van der Waals surface area contributed by atoms with Crippen LogP contribution in [0.2, 0.25) is 0 Å². The van der Waals surface area contributed by atoms with Crippen LogP contribution in [-0.4, -0.2) is 47.4 Å². The lowest BCUT2D eigenvalue weighted by atomic mass is 10.2. The van der Waals surface area contributed by atoms with Crippen LogP contribution in [0.25, 0.3) is 0 Å². The smallest absolute Gasteiger partial charge is 0.326 e. The van der Waals surface area contributed by atoms with Gasteiger partial charge >= 0.3 is 17.8 Å². The van der Waals surface area contributed by atoms with Gasteiger partial charge in [-0.05, 0) is 12.8 Å². The van der Waals surface area contributed by atoms with Gasteiger partial charge in [0, 0.05) is 31.4 Å². The molecule has 1 atom stereocenters. The zero-order valence-corrected chi connectivity index (χ0v) is 12.1. The predicted molar refractivity (Wildman–Crippen MR) is 72.1 cm³/mol. The molecule has 1 aliphatic heterocycles. The van der Waals surface area contributed by atoms with Gasteiger partial charge in [0.1, 0.15) is 6.04 Å². The van der Waals surface area contributed by atoms with Gasteiger partial charge in [-0.2, -0.15) is 0 Å². The van der Waals surface area contributed by atoms with E-state index in [4.69, 9.17) is 5.11 Å². The molecule has 1 N–H and O–H groups in total. The van der Waals surface area contributed by atoms with Crippen molar-refractivity contribution in [3.8, 4) is 0 Å². The number of carboxylic acids is 1. The molecular formula is C14H13F3N2O4. The third-order valence-electron chi connectivity index (χ3n) is 3.64. The SMILES string of the molecule is CN(C(=O)C(=O)N1CCCC1C(=O)O)c1cc(F)c(F)c(F)c1. The molecule has 1 aromatic rings. The van der Waals surface area contributed by atoms with E-state index in [2.05, 4.69) is 0 Å². The summed E-state index contributed by atoms with van der Waals surface area (Å²) in [5.74, 6) is -8.18. The van der Waals surface area contributed by atoms with Crippen molar-refractivity contribution >= 4 is 23.5 Å². The minimum atomic E-state index is -1.69. The lowest BCUT2D eigenvalue weighted by molar-refractivity contribution is -0.151. The van der Waals surface area contributed by atoms with Crippen LogP contribution < -0.4 is 4.90 Å². The number of aliphatic carboxylic acids is 1. The second kappa shape index (κ2) is 6.27. The number of likely N-dealkylation sites (N-methyl/N-ethyl adjacent to an activating group) is 1. The predicted octanol–water partition coefficient (Wildman–Crippen LogP) is 1.14. The number of likely N-dealkylation sites (tertiary alicyclic amines) is 1. The molecule has 1 heterocycles. The van der Waals surface area contributed by atoms with Crippen molar-refractivity contribution < 1.29 is 32.7 Å². The molecule has 0 bridgehead atoms. The molecule has 1 aromatic carbocycles. The van der Waals surface area contributed by atoms with Crippen LogP contribution in [0.15, 0.2) is 12.1 Å². The van der Waals surface area contributed by atoms with E-state index < -0.39 is 41.3 Å². The van der Waals surface area contributed by atoms with Crippen molar-refractivity contribution in [1.29, 1.82) is 0 Å². The van der Waals surface area contributed by atoms with Crippen molar-refractivity contribution in [1.82, 2.24) is 4.90 Å². The second-order valence-electron chi connectivity index (χ2n) is 5.08. The Morgan fingerprint density at radius 1 is 1.22 bits per heavy atom. The van der Waals surface area contributed by atoms with Crippen molar-refractivity contribution in [2.24, 2.45) is 0 Å². The first kappa shape index (κ1) is 16.8. The van der Waals surface area contributed by atoms with E-state index in [9.17, 15) is 27.6 Å². The standard InChI is InChI=1S/C14H13F3N2O4/c1-18(7-5-8(15)11(17)9(16)6-7)12(20)13(21)19-4-2-3-10(19)14(22)23/h5-6,10H,2-4H2,1H3,(H,22,23). The fourth-order valence-corrected chi connectivity index (χ4v) is 2.39. The lowest BCUT2D eigenvalue weighted by Gasteiger charge is -2.24. The van der Waals surface area contributed by atoms with Crippen molar-refractivity contribution in [2.45, 2.75) is 18.9 Å². The number of amides is 2. The summed E-state index contributed by atoms with van der Waals surface area (Å²) in [7, 11) is 1.08. The highest BCUT2D eigenvalue weighted by Gasteiger charge is 2.38. The van der Waals surface area contributed by atoms with Gasteiger partial charge in [0.25, 0.3) is 0 Å². The maximum Gasteiger partial charge on any atom is 0.326 e. The Hall–Kier alpha value is -2.58. The molecule has 0 aliphatic carbocycles. The monoisotopic (exact) mass is 330 g/mol. The molecule has 9 heteroatoms. The molecular weight excluding hydrogens is 317 g/mol. The molecule has 6 nitrogen and oxygen atoms in total. The van der Waals surface area contributed by atoms with Crippen molar-refractivity contribution in [3.05, 3.63) is 29.6 Å². The molecule has 1 unspecified atom stereocenters. The largest absolute Gasteiger partial charge is 0.480 e. The Morgan fingerprint density at radius 3 is 2.30 bits per heavy atom. The third-order valence-corrected chi connectivity index (χ3v) is 3.64. The van der Waals surface area contributed by atoms with E-state index in [0.717, 1.165) is 11.9 Å². The molecule has 2 amide bonds. The van der Waals surface area contributed by atoms with Crippen LogP contribution in [0.4, 0.5) is 18.9 Å². The van der Waals surface area contributed by atoms with Gasteiger partial charge in [-0.25, -0.2) is 18.0 Å². The van der Waals surface area contributed by atoms with Gasteiger partial charge in [-0.1, -0.05) is 0 Å². The minimum Gasteiger partial charge on any atom is -0.480 e. The summed E-state index contributed by atoms with van der Waals surface area (Å²) >= 11 is 0. The number of carbonyl (C=O) groups is 3. The normalized spacial score (nSPS) is 17.2. The van der Waals surface area contributed by atoms with Crippen LogP contribution in [0, 0.1) is 17.5 Å². The zero-order valence-electron chi connectivity index (χ0n) is 12.1. The van der Waals surface area contributed by atoms with Crippen molar-refractivity contribution in [3.63, 3.8) is 0 Å². The van der Waals surface area contributed by atoms with Gasteiger partial charge in [0.05, 0.1) is 0 Å². The molecule has 0 saturated carbocycles. The highest BCUT2D eigenvalue weighted by atomic mass is 19.2. The summed E-state index contributed by atoms with van der Waals surface area (Å²) < 4.78 is 39.3. The van der Waals surface area contributed by atoms with Crippen LogP contribution >= 0.6 is 0 Å². The topological polar surface area (TPSA) is 77.9 Å². The third kappa shape index (κ3) is 3.13. The number of carboxylic acid groups (broad SMARTS) is 1. The Labute approximate surface area is 129 Å². The molecule has 1 aliphatic rings. The molecule has 23 heavy (non-hydrogen) atoms. The summed E-state index contributed by atoms with van der Waals surface area (Å²) in [6, 6.07) is 0.0337. The maximum atomic E-state index is 13.2. The highest BCUT2D eigenvalue weighted by Crippen LogP contribution is 2.22. The number of hydrogen-bond donors (Lipinski definition) is 1. The maximum absolute atomic E-state index is 13.2. The number of carbonyl (C=O) groups excluding carboxylic acids is 2. The Kier molecular flexibility index (Phi) is 4.57. The molecule has 0 spiro atoms. The van der Waals surface area contributed by atoms with Crippen molar-refractivity contribution in [2.75, 3.05) is 18.5 Å². The minimum absolute atomic E-state index is 0.0987. The first-order valence-corrected chi connectivity index (χ1v) is 6.70. The number of rotatable bonds is 2. The second-order valence-corrected chi connectivity index (χ2v) is 5.08. The Bertz CT molecular complexity index is 657. The van der Waals surface area contributed by atoms with Gasteiger partial charge in [0.15, 0.2) is 17.5 Å². The van der Waals surface area contributed by atoms with Gasteiger partial charge in [-0.15, -0.1) is 0 Å². The average molecular weight is 330 g/mol. The number of nitrogens with zero attached hydrogens (tertiary/aromatic N) is 2. The van der Waals surface area contributed by atoms with Crippen LogP contribution in [0.1, 0.15) is 12.8 Å².